The highest BCUT2D eigenvalue weighted by atomic mass is 19.4. The molecule has 0 atom stereocenters. The van der Waals surface area contributed by atoms with Gasteiger partial charge in [0.15, 0.2) is 16.8 Å². The Morgan fingerprint density at radius 2 is 1.76 bits per heavy atom. The van der Waals surface area contributed by atoms with Crippen LogP contribution in [-0.4, -0.2) is 41.7 Å². The van der Waals surface area contributed by atoms with Gasteiger partial charge in [-0.15, -0.1) is 0 Å². The summed E-state index contributed by atoms with van der Waals surface area (Å²) in [7, 11) is 1.24. The highest BCUT2D eigenvalue weighted by Gasteiger charge is 2.54. The van der Waals surface area contributed by atoms with Crippen LogP contribution in [0.2, 0.25) is 0 Å². The minimum absolute atomic E-state index is 0.0918. The van der Waals surface area contributed by atoms with Crippen molar-refractivity contribution in [3.8, 4) is 0 Å². The average molecular weight is 428 g/mol. The van der Waals surface area contributed by atoms with E-state index in [1.807, 2.05) is 0 Å². The molecule has 3 rings (SSSR count). The van der Waals surface area contributed by atoms with Crippen molar-refractivity contribution in [3.63, 3.8) is 0 Å². The summed E-state index contributed by atoms with van der Waals surface area (Å²) in [6.45, 7) is -1.73. The molecule has 0 spiro atoms. The first kappa shape index (κ1) is 21.4. The Bertz CT molecular complexity index is 1020. The van der Waals surface area contributed by atoms with Crippen molar-refractivity contribution < 1.29 is 31.4 Å². The molecule has 0 aliphatic heterocycles. The summed E-state index contributed by atoms with van der Waals surface area (Å²) in [6, 6.07) is 0. The monoisotopic (exact) mass is 428 g/mol. The third-order valence-corrected chi connectivity index (χ3v) is 5.35. The first-order chi connectivity index (χ1) is 13.2. The smallest absolute Gasteiger partial charge is 0.380 e. The van der Waals surface area contributed by atoms with Crippen LogP contribution in [-0.2, 0) is 20.1 Å². The second-order valence-electron chi connectivity index (χ2n) is 7.39. The van der Waals surface area contributed by atoms with Crippen LogP contribution in [0, 0.1) is 5.92 Å². The van der Waals surface area contributed by atoms with Gasteiger partial charge in [-0.25, -0.2) is 9.78 Å². The Kier molecular flexibility index (Phi) is 5.08. The third-order valence-electron chi connectivity index (χ3n) is 5.35. The van der Waals surface area contributed by atoms with Crippen molar-refractivity contribution in [2.45, 2.75) is 56.7 Å². The molecule has 0 radical (unpaired) electrons. The number of nitrogens with zero attached hydrogens (tertiary/aromatic N) is 4. The number of aryl methyl sites for hydroxylation is 1. The fourth-order valence-corrected chi connectivity index (χ4v) is 3.68. The molecule has 2 aromatic heterocycles. The number of imidazole rings is 1. The van der Waals surface area contributed by atoms with Crippen LogP contribution in [0.3, 0.4) is 0 Å². The second kappa shape index (κ2) is 6.89. The molecule has 13 heteroatoms. The van der Waals surface area contributed by atoms with Gasteiger partial charge in [0, 0.05) is 13.6 Å². The van der Waals surface area contributed by atoms with Gasteiger partial charge in [0.25, 0.3) is 5.56 Å². The normalized spacial score (nSPS) is 23.7. The van der Waals surface area contributed by atoms with Gasteiger partial charge in [0.1, 0.15) is 6.54 Å². The molecule has 7 nitrogen and oxygen atoms in total. The fraction of sp³-hybridized carbons (Fsp3) is 0.688. The number of aliphatic hydroxyl groups is 1. The second-order valence-corrected chi connectivity index (χ2v) is 7.39. The van der Waals surface area contributed by atoms with Crippen molar-refractivity contribution >= 4 is 11.2 Å². The summed E-state index contributed by atoms with van der Waals surface area (Å²) < 4.78 is 79.3. The molecular formula is C16H18F6N4O3. The van der Waals surface area contributed by atoms with Gasteiger partial charge in [-0.05, 0) is 31.6 Å². The molecule has 29 heavy (non-hydrogen) atoms. The van der Waals surface area contributed by atoms with Crippen molar-refractivity contribution in [2.75, 3.05) is 0 Å². The van der Waals surface area contributed by atoms with E-state index in [1.165, 1.54) is 7.05 Å². The molecule has 1 N–H and O–H groups in total. The van der Waals surface area contributed by atoms with E-state index in [0.717, 1.165) is 15.5 Å². The summed E-state index contributed by atoms with van der Waals surface area (Å²) in [6.07, 6.45) is -9.93. The highest BCUT2D eigenvalue weighted by Crippen LogP contribution is 2.43. The Labute approximate surface area is 159 Å². The van der Waals surface area contributed by atoms with Gasteiger partial charge in [-0.1, -0.05) is 0 Å². The zero-order valence-corrected chi connectivity index (χ0v) is 15.2. The van der Waals surface area contributed by atoms with Crippen LogP contribution in [0.15, 0.2) is 15.9 Å². The van der Waals surface area contributed by atoms with Crippen molar-refractivity contribution in [1.82, 2.24) is 18.7 Å². The molecule has 2 aromatic rings. The topological polar surface area (TPSA) is 82.0 Å². The first-order valence-electron chi connectivity index (χ1n) is 8.74. The maximum atomic E-state index is 12.9. The predicted molar refractivity (Wildman–Crippen MR) is 88.3 cm³/mol. The summed E-state index contributed by atoms with van der Waals surface area (Å²) in [5.74, 6) is -0.514. The van der Waals surface area contributed by atoms with Crippen molar-refractivity contribution in [1.29, 1.82) is 0 Å². The van der Waals surface area contributed by atoms with E-state index in [-0.39, 0.29) is 25.0 Å². The summed E-state index contributed by atoms with van der Waals surface area (Å²) in [5.41, 5.74) is -5.24. The number of hydrogen-bond acceptors (Lipinski definition) is 4. The molecular weight excluding hydrogens is 410 g/mol. The lowest BCUT2D eigenvalue weighted by Gasteiger charge is -2.37. The van der Waals surface area contributed by atoms with E-state index in [2.05, 4.69) is 4.98 Å². The fourth-order valence-electron chi connectivity index (χ4n) is 3.68. The molecule has 0 bridgehead atoms. The lowest BCUT2D eigenvalue weighted by atomic mass is 9.78. The molecule has 0 aromatic carbocycles. The van der Waals surface area contributed by atoms with E-state index in [4.69, 9.17) is 0 Å². The van der Waals surface area contributed by atoms with Crippen LogP contribution in [0.25, 0.3) is 11.2 Å². The molecule has 2 heterocycles. The van der Waals surface area contributed by atoms with Crippen LogP contribution < -0.4 is 11.2 Å². The van der Waals surface area contributed by atoms with Gasteiger partial charge < -0.3 is 9.67 Å². The molecule has 0 amide bonds. The molecule has 1 saturated carbocycles. The van der Waals surface area contributed by atoms with Gasteiger partial charge in [-0.2, -0.15) is 26.3 Å². The van der Waals surface area contributed by atoms with Gasteiger partial charge in [0.05, 0.1) is 6.33 Å². The quantitative estimate of drug-likeness (QED) is 0.758. The summed E-state index contributed by atoms with van der Waals surface area (Å²) in [5, 5.41) is 9.73. The Morgan fingerprint density at radius 1 is 1.17 bits per heavy atom. The molecule has 0 saturated heterocycles. The van der Waals surface area contributed by atoms with Crippen molar-refractivity contribution in [3.05, 3.63) is 27.2 Å². The molecule has 1 aliphatic rings. The number of fused-ring (bicyclic) bond motifs is 1. The van der Waals surface area contributed by atoms with Crippen LogP contribution in [0.1, 0.15) is 25.7 Å². The lowest BCUT2D eigenvalue weighted by molar-refractivity contribution is -0.272. The van der Waals surface area contributed by atoms with Crippen molar-refractivity contribution in [2.24, 2.45) is 13.0 Å². The van der Waals surface area contributed by atoms with Gasteiger partial charge in [-0.3, -0.25) is 13.9 Å². The maximum absolute atomic E-state index is 12.9. The Balaban J connectivity index is 1.94. The average Bonchev–Trinajstić information content (AvgIpc) is 2.99. The lowest BCUT2D eigenvalue weighted by Crippen LogP contribution is -2.49. The standard InChI is InChI=1S/C16H18F6N4O3/c1-24-11-10(25(8-23-11)7-15(17,18)19)12(27)26(13(24)28)6-9-2-4-14(29,5-3-9)16(20,21)22/h8-9,29H,2-7H2,1H3/t9-,14-. The summed E-state index contributed by atoms with van der Waals surface area (Å²) >= 11 is 0. The highest BCUT2D eigenvalue weighted by molar-refractivity contribution is 5.69. The zero-order valence-electron chi connectivity index (χ0n) is 15.2. The minimum Gasteiger partial charge on any atom is -0.380 e. The van der Waals surface area contributed by atoms with E-state index in [9.17, 15) is 41.0 Å². The zero-order chi connectivity index (χ0) is 21.8. The van der Waals surface area contributed by atoms with Gasteiger partial charge >= 0.3 is 18.0 Å². The largest absolute Gasteiger partial charge is 0.417 e. The molecule has 0 unspecified atom stereocenters. The Morgan fingerprint density at radius 3 is 2.28 bits per heavy atom. The number of halogens is 6. The number of rotatable bonds is 3. The van der Waals surface area contributed by atoms with Crippen LogP contribution >= 0.6 is 0 Å². The van der Waals surface area contributed by atoms with Crippen LogP contribution in [0.5, 0.6) is 0 Å². The summed E-state index contributed by atoms with van der Waals surface area (Å²) in [4.78, 5) is 28.9. The van der Waals surface area contributed by atoms with E-state index in [0.29, 0.717) is 4.57 Å². The van der Waals surface area contributed by atoms with E-state index < -0.39 is 60.0 Å². The van der Waals surface area contributed by atoms with E-state index in [1.54, 1.807) is 0 Å². The SMILES string of the molecule is Cn1c(=O)n(C[C@H]2CC[C@@](O)(C(F)(F)F)CC2)c(=O)c2c1ncn2CC(F)(F)F. The minimum atomic E-state index is -4.78. The van der Waals surface area contributed by atoms with Gasteiger partial charge in [0.2, 0.25) is 0 Å². The predicted octanol–water partition coefficient (Wildman–Crippen LogP) is 1.94. The van der Waals surface area contributed by atoms with E-state index >= 15 is 0 Å². The molecule has 1 fully saturated rings. The maximum Gasteiger partial charge on any atom is 0.417 e. The first-order valence-corrected chi connectivity index (χ1v) is 8.74. The number of alkyl halides is 6. The molecule has 162 valence electrons. The number of hydrogen-bond donors (Lipinski definition) is 1. The molecule has 1 aliphatic carbocycles. The van der Waals surface area contributed by atoms with Crippen LogP contribution in [0.4, 0.5) is 26.3 Å². The number of aromatic nitrogens is 4. The Hall–Kier alpha value is -2.31. The third kappa shape index (κ3) is 3.91.